The van der Waals surface area contributed by atoms with Gasteiger partial charge in [0.05, 0.1) is 18.2 Å². The highest BCUT2D eigenvalue weighted by Gasteiger charge is 2.33. The molecule has 1 aliphatic rings. The number of nitrogens with two attached hydrogens (primary N) is 1. The van der Waals surface area contributed by atoms with Gasteiger partial charge in [0, 0.05) is 18.6 Å². The van der Waals surface area contributed by atoms with E-state index in [-0.39, 0.29) is 11.6 Å². The lowest BCUT2D eigenvalue weighted by Gasteiger charge is -2.35. The number of fused-ring (bicyclic) bond motifs is 1. The molecule has 0 fully saturated rings. The summed E-state index contributed by atoms with van der Waals surface area (Å²) in [4.78, 5) is 0. The van der Waals surface area contributed by atoms with E-state index in [4.69, 9.17) is 15.2 Å². The number of para-hydroxylation sites is 1. The molecule has 0 saturated heterocycles. The van der Waals surface area contributed by atoms with E-state index in [9.17, 15) is 0 Å². The first-order chi connectivity index (χ1) is 8.12. The third kappa shape index (κ3) is 2.79. The Balaban J connectivity index is 2.10. The van der Waals surface area contributed by atoms with Crippen LogP contribution in [0.25, 0.3) is 0 Å². The van der Waals surface area contributed by atoms with Crippen molar-refractivity contribution in [2.75, 3.05) is 13.2 Å². The first-order valence-electron chi connectivity index (χ1n) is 6.25. The largest absolute Gasteiger partial charge is 0.493 e. The fourth-order valence-corrected chi connectivity index (χ4v) is 2.22. The molecule has 1 atom stereocenters. The van der Waals surface area contributed by atoms with Gasteiger partial charge in [-0.3, -0.25) is 0 Å². The fraction of sp³-hybridized carbons (Fsp3) is 0.571. The summed E-state index contributed by atoms with van der Waals surface area (Å²) in [7, 11) is 0. The predicted octanol–water partition coefficient (Wildman–Crippen LogP) is 2.44. The highest BCUT2D eigenvalue weighted by molar-refractivity contribution is 5.40. The minimum atomic E-state index is -0.302. The molecule has 0 aliphatic carbocycles. The molecule has 3 nitrogen and oxygen atoms in total. The molecule has 0 spiro atoms. The average Bonchev–Trinajstić information content (AvgIpc) is 2.29. The molecular weight excluding hydrogens is 214 g/mol. The highest BCUT2D eigenvalue weighted by Crippen LogP contribution is 2.37. The normalized spacial score (nSPS) is 23.3. The van der Waals surface area contributed by atoms with Crippen LogP contribution in [0, 0.1) is 0 Å². The molecule has 1 aromatic carbocycles. The predicted molar refractivity (Wildman–Crippen MR) is 68.1 cm³/mol. The molecule has 0 amide bonds. The molecule has 94 valence electrons. The van der Waals surface area contributed by atoms with E-state index in [1.807, 2.05) is 32.0 Å². The van der Waals surface area contributed by atoms with Crippen LogP contribution in [0.15, 0.2) is 24.3 Å². The van der Waals surface area contributed by atoms with Gasteiger partial charge in [0.25, 0.3) is 0 Å². The second-order valence-electron chi connectivity index (χ2n) is 4.92. The van der Waals surface area contributed by atoms with Crippen molar-refractivity contribution in [2.45, 2.75) is 38.3 Å². The van der Waals surface area contributed by atoms with Gasteiger partial charge in [0.1, 0.15) is 5.75 Å². The zero-order valence-corrected chi connectivity index (χ0v) is 10.6. The first-order valence-corrected chi connectivity index (χ1v) is 6.25. The van der Waals surface area contributed by atoms with E-state index in [1.165, 1.54) is 0 Å². The average molecular weight is 235 g/mol. The van der Waals surface area contributed by atoms with Crippen LogP contribution in [-0.2, 0) is 10.3 Å². The Morgan fingerprint density at radius 1 is 1.41 bits per heavy atom. The Hall–Kier alpha value is -1.06. The van der Waals surface area contributed by atoms with Crippen molar-refractivity contribution in [3.8, 4) is 5.75 Å². The molecule has 2 N–H and O–H groups in total. The van der Waals surface area contributed by atoms with E-state index < -0.39 is 0 Å². The van der Waals surface area contributed by atoms with Gasteiger partial charge in [-0.1, -0.05) is 18.2 Å². The van der Waals surface area contributed by atoms with Crippen molar-refractivity contribution in [2.24, 2.45) is 5.73 Å². The van der Waals surface area contributed by atoms with Crippen molar-refractivity contribution in [1.82, 2.24) is 0 Å². The summed E-state index contributed by atoms with van der Waals surface area (Å²) in [5.41, 5.74) is 7.30. The van der Waals surface area contributed by atoms with Gasteiger partial charge < -0.3 is 15.2 Å². The monoisotopic (exact) mass is 235 g/mol. The Morgan fingerprint density at radius 3 is 2.94 bits per heavy atom. The number of hydrogen-bond acceptors (Lipinski definition) is 3. The van der Waals surface area contributed by atoms with Gasteiger partial charge in [0.2, 0.25) is 0 Å². The Labute approximate surface area is 103 Å². The Bertz CT molecular complexity index is 378. The number of ether oxygens (including phenoxy) is 2. The molecule has 2 rings (SSSR count). The van der Waals surface area contributed by atoms with Crippen LogP contribution in [0.2, 0.25) is 0 Å². The SMILES string of the molecule is CC(C)OCCC1(N)CCOc2ccccc21. The molecule has 1 heterocycles. The van der Waals surface area contributed by atoms with Crippen molar-refractivity contribution in [1.29, 1.82) is 0 Å². The maximum Gasteiger partial charge on any atom is 0.124 e. The lowest BCUT2D eigenvalue weighted by molar-refractivity contribution is 0.0579. The Morgan fingerprint density at radius 2 is 2.18 bits per heavy atom. The van der Waals surface area contributed by atoms with Gasteiger partial charge in [-0.2, -0.15) is 0 Å². The van der Waals surface area contributed by atoms with E-state index in [2.05, 4.69) is 6.07 Å². The maximum atomic E-state index is 6.50. The van der Waals surface area contributed by atoms with E-state index in [0.717, 1.165) is 24.2 Å². The van der Waals surface area contributed by atoms with Crippen molar-refractivity contribution in [3.05, 3.63) is 29.8 Å². The number of benzene rings is 1. The van der Waals surface area contributed by atoms with Crippen LogP contribution in [0.3, 0.4) is 0 Å². The van der Waals surface area contributed by atoms with Gasteiger partial charge in [-0.05, 0) is 26.3 Å². The number of rotatable bonds is 4. The zero-order valence-electron chi connectivity index (χ0n) is 10.6. The van der Waals surface area contributed by atoms with Crippen LogP contribution < -0.4 is 10.5 Å². The molecule has 17 heavy (non-hydrogen) atoms. The van der Waals surface area contributed by atoms with Gasteiger partial charge in [-0.15, -0.1) is 0 Å². The highest BCUT2D eigenvalue weighted by atomic mass is 16.5. The van der Waals surface area contributed by atoms with Crippen LogP contribution in [0.4, 0.5) is 0 Å². The molecule has 0 saturated carbocycles. The standard InChI is InChI=1S/C14H21NO2/c1-11(2)16-9-7-14(15)8-10-17-13-6-4-3-5-12(13)14/h3-6,11H,7-10,15H2,1-2H3. The zero-order chi connectivity index (χ0) is 12.3. The Kier molecular flexibility index (Phi) is 3.69. The van der Waals surface area contributed by atoms with Crippen LogP contribution in [0.1, 0.15) is 32.3 Å². The summed E-state index contributed by atoms with van der Waals surface area (Å²) >= 11 is 0. The second kappa shape index (κ2) is 5.07. The molecular formula is C14H21NO2. The summed E-state index contributed by atoms with van der Waals surface area (Å²) in [5, 5.41) is 0. The molecule has 3 heteroatoms. The maximum absolute atomic E-state index is 6.50. The molecule has 0 bridgehead atoms. The summed E-state index contributed by atoms with van der Waals surface area (Å²) in [5.74, 6) is 0.922. The quantitative estimate of drug-likeness (QED) is 0.871. The lowest BCUT2D eigenvalue weighted by Crippen LogP contribution is -2.42. The molecule has 1 unspecified atom stereocenters. The van der Waals surface area contributed by atoms with E-state index >= 15 is 0 Å². The molecule has 0 aromatic heterocycles. The van der Waals surface area contributed by atoms with E-state index in [0.29, 0.717) is 13.2 Å². The first kappa shape index (κ1) is 12.4. The van der Waals surface area contributed by atoms with Gasteiger partial charge in [-0.25, -0.2) is 0 Å². The third-order valence-corrected chi connectivity index (χ3v) is 3.23. The van der Waals surface area contributed by atoms with Gasteiger partial charge >= 0.3 is 0 Å². The van der Waals surface area contributed by atoms with Crippen molar-refractivity contribution in [3.63, 3.8) is 0 Å². The topological polar surface area (TPSA) is 44.5 Å². The summed E-state index contributed by atoms with van der Waals surface area (Å²) in [6.07, 6.45) is 1.95. The van der Waals surface area contributed by atoms with Crippen molar-refractivity contribution < 1.29 is 9.47 Å². The summed E-state index contributed by atoms with van der Waals surface area (Å²) in [6, 6.07) is 8.04. The minimum absolute atomic E-state index is 0.258. The summed E-state index contributed by atoms with van der Waals surface area (Å²) in [6.45, 7) is 5.47. The lowest BCUT2D eigenvalue weighted by atomic mass is 9.83. The summed E-state index contributed by atoms with van der Waals surface area (Å²) < 4.78 is 11.2. The molecule has 1 aliphatic heterocycles. The van der Waals surface area contributed by atoms with Crippen LogP contribution in [0.5, 0.6) is 5.75 Å². The van der Waals surface area contributed by atoms with E-state index in [1.54, 1.807) is 0 Å². The van der Waals surface area contributed by atoms with Crippen molar-refractivity contribution >= 4 is 0 Å². The van der Waals surface area contributed by atoms with Crippen LogP contribution in [-0.4, -0.2) is 19.3 Å². The second-order valence-corrected chi connectivity index (χ2v) is 4.92. The smallest absolute Gasteiger partial charge is 0.124 e. The molecule has 1 aromatic rings. The third-order valence-electron chi connectivity index (χ3n) is 3.23. The fourth-order valence-electron chi connectivity index (χ4n) is 2.22. The minimum Gasteiger partial charge on any atom is -0.493 e. The molecule has 0 radical (unpaired) electrons. The number of hydrogen-bond donors (Lipinski definition) is 1. The van der Waals surface area contributed by atoms with Gasteiger partial charge in [0.15, 0.2) is 0 Å². The van der Waals surface area contributed by atoms with Crippen LogP contribution >= 0.6 is 0 Å².